The summed E-state index contributed by atoms with van der Waals surface area (Å²) >= 11 is 0. The molecule has 5 heteroatoms. The molecule has 18 heavy (non-hydrogen) atoms. The predicted octanol–water partition coefficient (Wildman–Crippen LogP) is 1.53. The first-order valence-corrected chi connectivity index (χ1v) is 7.09. The first-order chi connectivity index (χ1) is 8.34. The Morgan fingerprint density at radius 3 is 2.50 bits per heavy atom. The Kier molecular flexibility index (Phi) is 4.38. The zero-order valence-corrected chi connectivity index (χ0v) is 11.7. The van der Waals surface area contributed by atoms with Gasteiger partial charge in [-0.15, -0.1) is 6.42 Å². The van der Waals surface area contributed by atoms with Crippen LogP contribution in [0.25, 0.3) is 0 Å². The van der Waals surface area contributed by atoms with Crippen LogP contribution in [0.2, 0.25) is 0 Å². The third kappa shape index (κ3) is 2.66. The van der Waals surface area contributed by atoms with Gasteiger partial charge in [0.05, 0.1) is 11.4 Å². The molecule has 0 aromatic heterocycles. The van der Waals surface area contributed by atoms with E-state index in [1.165, 1.54) is 4.31 Å². The maximum Gasteiger partial charge on any atom is 0.244 e. The first kappa shape index (κ1) is 14.6. The number of anilines is 1. The van der Waals surface area contributed by atoms with E-state index >= 15 is 0 Å². The normalized spacial score (nSPS) is 11.5. The van der Waals surface area contributed by atoms with Crippen LogP contribution in [0.1, 0.15) is 18.1 Å². The minimum Gasteiger partial charge on any atom is -0.398 e. The summed E-state index contributed by atoms with van der Waals surface area (Å²) in [7, 11) is -3.58. The summed E-state index contributed by atoms with van der Waals surface area (Å²) in [4.78, 5) is 0.233. The van der Waals surface area contributed by atoms with Crippen molar-refractivity contribution in [1.29, 1.82) is 0 Å². The number of nitrogens with zero attached hydrogens (tertiary/aromatic N) is 1. The van der Waals surface area contributed by atoms with Gasteiger partial charge in [-0.3, -0.25) is 0 Å². The number of hydrogen-bond acceptors (Lipinski definition) is 3. The molecule has 0 spiro atoms. The molecule has 0 atom stereocenters. The predicted molar refractivity (Wildman–Crippen MR) is 73.6 cm³/mol. The number of nitrogen functional groups attached to an aromatic ring is 1. The number of terminal acetylenes is 1. The van der Waals surface area contributed by atoms with Crippen molar-refractivity contribution < 1.29 is 8.42 Å². The highest BCUT2D eigenvalue weighted by Gasteiger charge is 2.25. The van der Waals surface area contributed by atoms with Crippen molar-refractivity contribution >= 4 is 15.7 Å². The zero-order chi connectivity index (χ0) is 13.9. The van der Waals surface area contributed by atoms with Gasteiger partial charge in [0.2, 0.25) is 10.0 Å². The highest BCUT2D eigenvalue weighted by Crippen LogP contribution is 2.25. The molecule has 1 aromatic carbocycles. The Balaban J connectivity index is 3.41. The highest BCUT2D eigenvalue weighted by atomic mass is 32.2. The van der Waals surface area contributed by atoms with E-state index in [2.05, 4.69) is 5.92 Å². The molecule has 2 N–H and O–H groups in total. The van der Waals surface area contributed by atoms with Crippen LogP contribution in [0.5, 0.6) is 0 Å². The van der Waals surface area contributed by atoms with Crippen LogP contribution in [0.3, 0.4) is 0 Å². The minimum absolute atomic E-state index is 0.0616. The summed E-state index contributed by atoms with van der Waals surface area (Å²) in [5, 5.41) is 0. The van der Waals surface area contributed by atoms with E-state index in [9.17, 15) is 8.42 Å². The van der Waals surface area contributed by atoms with Crippen molar-refractivity contribution in [1.82, 2.24) is 4.31 Å². The first-order valence-electron chi connectivity index (χ1n) is 5.65. The smallest absolute Gasteiger partial charge is 0.244 e. The van der Waals surface area contributed by atoms with Gasteiger partial charge in [0.25, 0.3) is 0 Å². The zero-order valence-electron chi connectivity index (χ0n) is 10.9. The fourth-order valence-corrected chi connectivity index (χ4v) is 3.43. The van der Waals surface area contributed by atoms with Gasteiger partial charge >= 0.3 is 0 Å². The van der Waals surface area contributed by atoms with Crippen LogP contribution in [0.15, 0.2) is 17.0 Å². The van der Waals surface area contributed by atoms with E-state index in [0.717, 1.165) is 5.56 Å². The van der Waals surface area contributed by atoms with E-state index in [-0.39, 0.29) is 11.4 Å². The van der Waals surface area contributed by atoms with Crippen molar-refractivity contribution in [3.63, 3.8) is 0 Å². The van der Waals surface area contributed by atoms with Crippen molar-refractivity contribution in [2.24, 2.45) is 0 Å². The molecule has 98 valence electrons. The van der Waals surface area contributed by atoms with Gasteiger partial charge in [-0.25, -0.2) is 8.42 Å². The summed E-state index contributed by atoms with van der Waals surface area (Å²) in [6.07, 6.45) is 5.20. The summed E-state index contributed by atoms with van der Waals surface area (Å²) in [6.45, 7) is 5.66. The molecule has 0 aliphatic heterocycles. The molecule has 0 aliphatic carbocycles. The van der Waals surface area contributed by atoms with Gasteiger partial charge < -0.3 is 5.73 Å². The van der Waals surface area contributed by atoms with E-state index in [4.69, 9.17) is 12.2 Å². The molecular formula is C13H18N2O2S. The number of nitrogens with two attached hydrogens (primary N) is 1. The van der Waals surface area contributed by atoms with Gasteiger partial charge in [0.1, 0.15) is 0 Å². The number of rotatable bonds is 4. The fraction of sp³-hybridized carbons (Fsp3) is 0.385. The minimum atomic E-state index is -3.58. The molecule has 1 rings (SSSR count). The summed E-state index contributed by atoms with van der Waals surface area (Å²) < 4.78 is 26.2. The lowest BCUT2D eigenvalue weighted by molar-refractivity contribution is 0.463. The third-order valence-corrected chi connectivity index (χ3v) is 4.83. The second-order valence-corrected chi connectivity index (χ2v) is 6.02. The Labute approximate surface area is 109 Å². The van der Waals surface area contributed by atoms with Crippen molar-refractivity contribution in [3.8, 4) is 12.3 Å². The maximum absolute atomic E-state index is 12.5. The lowest BCUT2D eigenvalue weighted by Gasteiger charge is -2.20. The fourth-order valence-electron chi connectivity index (χ4n) is 1.73. The maximum atomic E-state index is 12.5. The average molecular weight is 266 g/mol. The van der Waals surface area contributed by atoms with Gasteiger partial charge in [-0.1, -0.05) is 12.8 Å². The molecule has 0 amide bonds. The SMILES string of the molecule is C#CCN(CC)S(=O)(=O)c1cc(C)cc(N)c1C. The highest BCUT2D eigenvalue weighted by molar-refractivity contribution is 7.89. The van der Waals surface area contributed by atoms with Crippen molar-refractivity contribution in [2.75, 3.05) is 18.8 Å². The average Bonchev–Trinajstić information content (AvgIpc) is 2.30. The molecule has 1 aromatic rings. The molecule has 0 unspecified atom stereocenters. The second-order valence-electron chi connectivity index (χ2n) is 4.11. The summed E-state index contributed by atoms with van der Waals surface area (Å²) in [6, 6.07) is 3.38. The van der Waals surface area contributed by atoms with Crippen LogP contribution in [0, 0.1) is 26.2 Å². The number of sulfonamides is 1. The van der Waals surface area contributed by atoms with Gasteiger partial charge in [0.15, 0.2) is 0 Å². The van der Waals surface area contributed by atoms with Crippen molar-refractivity contribution in [2.45, 2.75) is 25.7 Å². The molecule has 0 fully saturated rings. The summed E-state index contributed by atoms with van der Waals surface area (Å²) in [5.74, 6) is 2.36. The van der Waals surface area contributed by atoms with E-state index in [1.807, 2.05) is 6.92 Å². The van der Waals surface area contributed by atoms with Gasteiger partial charge in [-0.05, 0) is 37.1 Å². The lowest BCUT2D eigenvalue weighted by atomic mass is 10.1. The Morgan fingerprint density at radius 2 is 2.00 bits per heavy atom. The molecular weight excluding hydrogens is 248 g/mol. The largest absolute Gasteiger partial charge is 0.398 e. The number of benzene rings is 1. The Morgan fingerprint density at radius 1 is 1.39 bits per heavy atom. The molecule has 0 aliphatic rings. The van der Waals surface area contributed by atoms with Gasteiger partial charge in [0, 0.05) is 12.2 Å². The Bertz CT molecular complexity index is 586. The van der Waals surface area contributed by atoms with Crippen LogP contribution in [-0.2, 0) is 10.0 Å². The Hall–Kier alpha value is -1.51. The standard InChI is InChI=1S/C13H18N2O2S/c1-5-7-15(6-2)18(16,17)13-9-10(3)8-12(14)11(13)4/h1,8-9H,6-7,14H2,2-4H3. The van der Waals surface area contributed by atoms with Crippen LogP contribution >= 0.6 is 0 Å². The second kappa shape index (κ2) is 5.42. The van der Waals surface area contributed by atoms with Crippen molar-refractivity contribution in [3.05, 3.63) is 23.3 Å². The number of aryl methyl sites for hydroxylation is 1. The monoisotopic (exact) mass is 266 g/mol. The number of hydrogen-bond donors (Lipinski definition) is 1. The van der Waals surface area contributed by atoms with Gasteiger partial charge in [-0.2, -0.15) is 4.31 Å². The molecule has 0 saturated carbocycles. The summed E-state index contributed by atoms with van der Waals surface area (Å²) in [5.41, 5.74) is 7.67. The molecule has 4 nitrogen and oxygen atoms in total. The lowest BCUT2D eigenvalue weighted by Crippen LogP contribution is -2.31. The molecule has 0 saturated heterocycles. The van der Waals surface area contributed by atoms with E-state index < -0.39 is 10.0 Å². The van der Waals surface area contributed by atoms with Crippen LogP contribution in [0.4, 0.5) is 5.69 Å². The quantitative estimate of drug-likeness (QED) is 0.664. The van der Waals surface area contributed by atoms with E-state index in [0.29, 0.717) is 17.8 Å². The topological polar surface area (TPSA) is 63.4 Å². The molecule has 0 bridgehead atoms. The van der Waals surface area contributed by atoms with Crippen LogP contribution < -0.4 is 5.73 Å². The van der Waals surface area contributed by atoms with Crippen LogP contribution in [-0.4, -0.2) is 25.8 Å². The molecule has 0 heterocycles. The van der Waals surface area contributed by atoms with E-state index in [1.54, 1.807) is 26.0 Å². The third-order valence-electron chi connectivity index (χ3n) is 2.78. The molecule has 0 radical (unpaired) electrons.